The van der Waals surface area contributed by atoms with E-state index in [0.717, 1.165) is 20.9 Å². The molecule has 3 aromatic carbocycles. The highest BCUT2D eigenvalue weighted by Gasteiger charge is 2.22. The molecule has 0 saturated carbocycles. The van der Waals surface area contributed by atoms with Crippen LogP contribution in [0.5, 0.6) is 5.75 Å². The van der Waals surface area contributed by atoms with Gasteiger partial charge in [-0.3, -0.25) is 0 Å². The summed E-state index contributed by atoms with van der Waals surface area (Å²) in [5, 5.41) is 10.3. The van der Waals surface area contributed by atoms with Crippen molar-refractivity contribution in [1.82, 2.24) is 0 Å². The molecule has 3 aromatic rings. The Bertz CT molecular complexity index is 928. The molecule has 0 bridgehead atoms. The van der Waals surface area contributed by atoms with Gasteiger partial charge < -0.3 is 9.84 Å². The van der Waals surface area contributed by atoms with Crippen LogP contribution in [-0.4, -0.2) is 17.2 Å². The van der Waals surface area contributed by atoms with Gasteiger partial charge in [-0.2, -0.15) is 0 Å². The predicted molar refractivity (Wildman–Crippen MR) is 109 cm³/mol. The van der Waals surface area contributed by atoms with Crippen molar-refractivity contribution in [3.05, 3.63) is 88.9 Å². The highest BCUT2D eigenvalue weighted by Crippen LogP contribution is 2.31. The number of benzene rings is 3. The van der Waals surface area contributed by atoms with E-state index in [1.54, 1.807) is 30.0 Å². The van der Waals surface area contributed by atoms with Crippen LogP contribution in [-0.2, 0) is 11.2 Å². The van der Waals surface area contributed by atoms with Crippen LogP contribution < -0.4 is 4.74 Å². The van der Waals surface area contributed by atoms with E-state index in [1.165, 1.54) is 0 Å². The van der Waals surface area contributed by atoms with Gasteiger partial charge in [-0.05, 0) is 54.4 Å². The second-order valence-electron chi connectivity index (χ2n) is 6.08. The molecule has 3 rings (SSSR count). The maximum Gasteiger partial charge on any atom is 0.345 e. The minimum Gasteiger partial charge on any atom is -0.478 e. The van der Waals surface area contributed by atoms with Crippen molar-refractivity contribution >= 4 is 29.3 Å². The number of hydrogen-bond acceptors (Lipinski definition) is 3. The molecule has 0 fully saturated rings. The molecule has 0 aromatic heterocycles. The molecule has 5 heteroatoms. The van der Waals surface area contributed by atoms with Crippen molar-refractivity contribution in [2.24, 2.45) is 0 Å². The molecule has 0 aliphatic rings. The minimum absolute atomic E-state index is 0.271. The zero-order valence-electron chi connectivity index (χ0n) is 14.8. The number of carbonyl (C=O) groups is 1. The number of rotatable bonds is 7. The van der Waals surface area contributed by atoms with Crippen LogP contribution >= 0.6 is 23.4 Å². The third kappa shape index (κ3) is 5.28. The van der Waals surface area contributed by atoms with E-state index in [9.17, 15) is 9.90 Å². The van der Waals surface area contributed by atoms with Crippen molar-refractivity contribution in [2.45, 2.75) is 29.2 Å². The summed E-state index contributed by atoms with van der Waals surface area (Å²) in [7, 11) is 0. The number of carboxylic acid groups (broad SMARTS) is 1. The summed E-state index contributed by atoms with van der Waals surface area (Å²) < 4.78 is 5.75. The number of aliphatic carboxylic acids is 1. The summed E-state index contributed by atoms with van der Waals surface area (Å²) in [5.41, 5.74) is 1.78. The Kier molecular flexibility index (Phi) is 6.43. The van der Waals surface area contributed by atoms with Gasteiger partial charge in [-0.15, -0.1) is 0 Å². The van der Waals surface area contributed by atoms with E-state index in [1.807, 2.05) is 61.5 Å². The largest absolute Gasteiger partial charge is 0.478 e. The van der Waals surface area contributed by atoms with Crippen molar-refractivity contribution in [2.75, 3.05) is 0 Å². The SMILES string of the molecule is Cc1cc(OC(Cc2ccccc2Sc2ccccc2)C(=O)O)ccc1Cl. The molecule has 1 N–H and O–H groups in total. The standard InChI is InChI=1S/C22H19ClO3S/c1-15-13-17(11-12-19(15)23)26-20(22(24)25)14-16-7-5-6-10-21(16)27-18-8-3-2-4-9-18/h2-13,20H,14H2,1H3,(H,24,25). The molecule has 138 valence electrons. The minimum atomic E-state index is -0.998. The van der Waals surface area contributed by atoms with Crippen molar-refractivity contribution in [3.8, 4) is 5.75 Å². The van der Waals surface area contributed by atoms with Gasteiger partial charge in [0, 0.05) is 21.2 Å². The zero-order valence-corrected chi connectivity index (χ0v) is 16.3. The molecule has 1 unspecified atom stereocenters. The summed E-state index contributed by atoms with van der Waals surface area (Å²) in [6.45, 7) is 1.86. The first-order valence-electron chi connectivity index (χ1n) is 8.49. The van der Waals surface area contributed by atoms with Gasteiger partial charge >= 0.3 is 5.97 Å². The van der Waals surface area contributed by atoms with E-state index in [4.69, 9.17) is 16.3 Å². The molecule has 0 radical (unpaired) electrons. The van der Waals surface area contributed by atoms with Gasteiger partial charge in [0.25, 0.3) is 0 Å². The summed E-state index contributed by atoms with van der Waals surface area (Å²) in [4.78, 5) is 13.9. The van der Waals surface area contributed by atoms with Gasteiger partial charge in [0.05, 0.1) is 0 Å². The summed E-state index contributed by atoms with van der Waals surface area (Å²) in [6, 6.07) is 23.0. The van der Waals surface area contributed by atoms with Gasteiger partial charge in [-0.1, -0.05) is 59.8 Å². The molecule has 0 heterocycles. The van der Waals surface area contributed by atoms with Gasteiger partial charge in [0.15, 0.2) is 6.10 Å². The molecule has 0 spiro atoms. The first-order chi connectivity index (χ1) is 13.0. The van der Waals surface area contributed by atoms with Crippen LogP contribution in [0, 0.1) is 6.92 Å². The Hall–Kier alpha value is -2.43. The fourth-order valence-electron chi connectivity index (χ4n) is 2.62. The smallest absolute Gasteiger partial charge is 0.345 e. The maximum absolute atomic E-state index is 11.8. The quantitative estimate of drug-likeness (QED) is 0.540. The third-order valence-corrected chi connectivity index (χ3v) is 5.58. The van der Waals surface area contributed by atoms with E-state index in [-0.39, 0.29) is 6.42 Å². The lowest BCUT2D eigenvalue weighted by molar-refractivity contribution is -0.145. The lowest BCUT2D eigenvalue weighted by Crippen LogP contribution is -2.29. The van der Waals surface area contributed by atoms with E-state index >= 15 is 0 Å². The fraction of sp³-hybridized carbons (Fsp3) is 0.136. The van der Waals surface area contributed by atoms with Crippen LogP contribution in [0.1, 0.15) is 11.1 Å². The second-order valence-corrected chi connectivity index (χ2v) is 7.61. The normalized spacial score (nSPS) is 11.8. The van der Waals surface area contributed by atoms with Crippen LogP contribution in [0.25, 0.3) is 0 Å². The Balaban J connectivity index is 1.80. The van der Waals surface area contributed by atoms with Crippen molar-refractivity contribution < 1.29 is 14.6 Å². The average Bonchev–Trinajstić information content (AvgIpc) is 2.66. The van der Waals surface area contributed by atoms with Crippen LogP contribution in [0.4, 0.5) is 0 Å². The first-order valence-corrected chi connectivity index (χ1v) is 9.69. The molecule has 0 aliphatic carbocycles. The lowest BCUT2D eigenvalue weighted by atomic mass is 10.1. The second kappa shape index (κ2) is 8.98. The summed E-state index contributed by atoms with van der Waals surface area (Å²) in [5.74, 6) is -0.500. The third-order valence-electron chi connectivity index (χ3n) is 4.03. The highest BCUT2D eigenvalue weighted by molar-refractivity contribution is 7.99. The van der Waals surface area contributed by atoms with Gasteiger partial charge in [0.2, 0.25) is 0 Å². The number of aryl methyl sites for hydroxylation is 1. The van der Waals surface area contributed by atoms with E-state index in [2.05, 4.69) is 0 Å². The number of ether oxygens (including phenoxy) is 1. The molecule has 1 atom stereocenters. The summed E-state index contributed by atoms with van der Waals surface area (Å²) in [6.07, 6.45) is -0.712. The highest BCUT2D eigenvalue weighted by atomic mass is 35.5. The van der Waals surface area contributed by atoms with Gasteiger partial charge in [0.1, 0.15) is 5.75 Å². The average molecular weight is 399 g/mol. The van der Waals surface area contributed by atoms with Gasteiger partial charge in [-0.25, -0.2) is 4.79 Å². The Labute approximate surface area is 168 Å². The topological polar surface area (TPSA) is 46.5 Å². The predicted octanol–water partition coefficient (Wildman–Crippen LogP) is 5.87. The van der Waals surface area contributed by atoms with E-state index in [0.29, 0.717) is 10.8 Å². The Morgan fingerprint density at radius 1 is 1.07 bits per heavy atom. The van der Waals surface area contributed by atoms with Crippen LogP contribution in [0.3, 0.4) is 0 Å². The van der Waals surface area contributed by atoms with Crippen molar-refractivity contribution in [1.29, 1.82) is 0 Å². The summed E-state index contributed by atoms with van der Waals surface area (Å²) >= 11 is 7.65. The van der Waals surface area contributed by atoms with Crippen LogP contribution in [0.15, 0.2) is 82.6 Å². The first kappa shape index (κ1) is 19.3. The molecule has 0 saturated heterocycles. The Morgan fingerprint density at radius 2 is 1.78 bits per heavy atom. The van der Waals surface area contributed by atoms with E-state index < -0.39 is 12.1 Å². The van der Waals surface area contributed by atoms with Crippen LogP contribution in [0.2, 0.25) is 5.02 Å². The number of carboxylic acids is 1. The molecule has 3 nitrogen and oxygen atoms in total. The fourth-order valence-corrected chi connectivity index (χ4v) is 3.72. The molecule has 27 heavy (non-hydrogen) atoms. The number of halogens is 1. The molecule has 0 aliphatic heterocycles. The maximum atomic E-state index is 11.8. The van der Waals surface area contributed by atoms with Crippen molar-refractivity contribution in [3.63, 3.8) is 0 Å². The molecular formula is C22H19ClO3S. The molecular weight excluding hydrogens is 380 g/mol. The Morgan fingerprint density at radius 3 is 2.48 bits per heavy atom. The zero-order chi connectivity index (χ0) is 19.2. The number of hydrogen-bond donors (Lipinski definition) is 1. The monoisotopic (exact) mass is 398 g/mol. The molecule has 0 amide bonds. The lowest BCUT2D eigenvalue weighted by Gasteiger charge is -2.17.